The molecule has 3 unspecified atom stereocenters. The van der Waals surface area contributed by atoms with Crippen molar-refractivity contribution in [2.45, 2.75) is 57.5 Å². The third-order valence-electron chi connectivity index (χ3n) is 6.45. The second-order valence-electron chi connectivity index (χ2n) is 9.56. The maximum atomic E-state index is 13.1. The molecule has 0 aromatic heterocycles. The lowest BCUT2D eigenvalue weighted by molar-refractivity contribution is -0.139. The van der Waals surface area contributed by atoms with E-state index >= 15 is 0 Å². The maximum absolute atomic E-state index is 13.1. The number of likely N-dealkylation sites (tertiary alicyclic amines) is 1. The van der Waals surface area contributed by atoms with Gasteiger partial charge in [0.05, 0.1) is 17.2 Å². The van der Waals surface area contributed by atoms with E-state index in [1.54, 1.807) is 0 Å². The van der Waals surface area contributed by atoms with Crippen LogP contribution in [0, 0.1) is 11.8 Å². The number of benzene rings is 2. The zero-order chi connectivity index (χ0) is 26.7. The molecule has 2 aromatic carbocycles. The summed E-state index contributed by atoms with van der Waals surface area (Å²) in [4.78, 5) is 13.4. The van der Waals surface area contributed by atoms with Gasteiger partial charge in [0.2, 0.25) is 0 Å². The van der Waals surface area contributed by atoms with E-state index in [-0.39, 0.29) is 18.3 Å². The van der Waals surface area contributed by atoms with E-state index in [1.165, 1.54) is 24.3 Å². The van der Waals surface area contributed by atoms with Crippen LogP contribution in [-0.4, -0.2) is 22.5 Å². The van der Waals surface area contributed by atoms with Gasteiger partial charge in [0.1, 0.15) is 0 Å². The summed E-state index contributed by atoms with van der Waals surface area (Å²) in [7, 11) is 0. The molecule has 2 aromatic rings. The molecule has 3 atom stereocenters. The number of carboxylic acids is 1. The van der Waals surface area contributed by atoms with Gasteiger partial charge in [-0.1, -0.05) is 50.3 Å². The molecule has 0 radical (unpaired) electrons. The first-order valence-corrected chi connectivity index (χ1v) is 11.8. The number of halogens is 6. The van der Waals surface area contributed by atoms with E-state index in [2.05, 4.69) is 0 Å². The van der Waals surface area contributed by atoms with Crippen LogP contribution in [0.3, 0.4) is 0 Å². The normalized spacial score (nSPS) is 20.7. The molecule has 1 fully saturated rings. The number of piperidine rings is 1. The van der Waals surface area contributed by atoms with Crippen molar-refractivity contribution in [3.63, 3.8) is 0 Å². The molecule has 1 saturated heterocycles. The summed E-state index contributed by atoms with van der Waals surface area (Å²) in [5.41, 5.74) is -0.326. The predicted molar refractivity (Wildman–Crippen MR) is 124 cm³/mol. The van der Waals surface area contributed by atoms with Crippen molar-refractivity contribution < 1.29 is 36.2 Å². The van der Waals surface area contributed by atoms with Crippen molar-refractivity contribution in [3.8, 4) is 0 Å². The van der Waals surface area contributed by atoms with Gasteiger partial charge in [-0.15, -0.1) is 0 Å². The Balaban J connectivity index is 2.02. The number of allylic oxidation sites excluding steroid dienone is 1. The summed E-state index contributed by atoms with van der Waals surface area (Å²) >= 11 is 0. The van der Waals surface area contributed by atoms with E-state index in [4.69, 9.17) is 0 Å². The Hall–Kier alpha value is -2.81. The van der Waals surface area contributed by atoms with Crippen LogP contribution in [0.4, 0.5) is 26.3 Å². The maximum Gasteiger partial charge on any atom is 0.416 e. The number of hydrogen-bond acceptors (Lipinski definition) is 2. The third-order valence-corrected chi connectivity index (χ3v) is 6.45. The van der Waals surface area contributed by atoms with Crippen LogP contribution in [0.25, 0.3) is 0 Å². The fourth-order valence-electron chi connectivity index (χ4n) is 4.65. The van der Waals surface area contributed by atoms with Crippen LogP contribution in [0.2, 0.25) is 0 Å². The molecule has 3 rings (SSSR count). The van der Waals surface area contributed by atoms with E-state index in [9.17, 15) is 36.2 Å². The molecule has 0 saturated carbocycles. The number of rotatable bonds is 7. The topological polar surface area (TPSA) is 40.5 Å². The van der Waals surface area contributed by atoms with Gasteiger partial charge in [0, 0.05) is 12.5 Å². The lowest BCUT2D eigenvalue weighted by atomic mass is 9.83. The largest absolute Gasteiger partial charge is 0.481 e. The summed E-state index contributed by atoms with van der Waals surface area (Å²) in [6, 6.07) is 8.86. The summed E-state index contributed by atoms with van der Waals surface area (Å²) in [5.74, 6) is -0.956. The zero-order valence-electron chi connectivity index (χ0n) is 20.0. The van der Waals surface area contributed by atoms with Crippen molar-refractivity contribution in [1.82, 2.24) is 4.90 Å². The monoisotopic (exact) mass is 513 g/mol. The van der Waals surface area contributed by atoms with Crippen LogP contribution in [0.5, 0.6) is 0 Å². The fourth-order valence-corrected chi connectivity index (χ4v) is 4.65. The molecule has 1 aliphatic heterocycles. The molecule has 36 heavy (non-hydrogen) atoms. The van der Waals surface area contributed by atoms with Crippen LogP contribution >= 0.6 is 0 Å². The first-order valence-electron chi connectivity index (χ1n) is 11.8. The van der Waals surface area contributed by atoms with Crippen LogP contribution in [-0.2, 0) is 17.1 Å². The minimum Gasteiger partial charge on any atom is -0.481 e. The summed E-state index contributed by atoms with van der Waals surface area (Å²) in [6.45, 7) is 4.37. The Kier molecular flexibility index (Phi) is 8.54. The highest BCUT2D eigenvalue weighted by molar-refractivity contribution is 5.67. The summed E-state index contributed by atoms with van der Waals surface area (Å²) in [5, 5.41) is 9.30. The fraction of sp³-hybridized carbons (Fsp3) is 0.444. The average Bonchev–Trinajstić information content (AvgIpc) is 2.78. The highest BCUT2D eigenvalue weighted by Crippen LogP contribution is 2.42. The van der Waals surface area contributed by atoms with E-state index in [0.29, 0.717) is 30.5 Å². The van der Waals surface area contributed by atoms with Crippen molar-refractivity contribution in [2.24, 2.45) is 11.8 Å². The molecule has 196 valence electrons. The second-order valence-corrected chi connectivity index (χ2v) is 9.56. The van der Waals surface area contributed by atoms with Crippen molar-refractivity contribution in [2.75, 3.05) is 6.54 Å². The molecule has 9 heteroatoms. The Morgan fingerprint density at radius 2 is 1.47 bits per heavy atom. The van der Waals surface area contributed by atoms with Gasteiger partial charge in [-0.2, -0.15) is 26.3 Å². The number of hydrogen-bond donors (Lipinski definition) is 1. The molecule has 1 heterocycles. The molecule has 3 nitrogen and oxygen atoms in total. The summed E-state index contributed by atoms with van der Waals surface area (Å²) < 4.78 is 78.7. The summed E-state index contributed by atoms with van der Waals surface area (Å²) in [6.07, 6.45) is -4.21. The quantitative estimate of drug-likeness (QED) is 0.302. The average molecular weight is 514 g/mol. The number of aliphatic carboxylic acids is 1. The molecule has 0 amide bonds. The van der Waals surface area contributed by atoms with Crippen LogP contribution in [0.15, 0.2) is 60.7 Å². The minimum atomic E-state index is -4.49. The van der Waals surface area contributed by atoms with Crippen LogP contribution in [0.1, 0.15) is 67.4 Å². The number of alkyl halides is 6. The Morgan fingerprint density at radius 1 is 0.944 bits per heavy atom. The first-order chi connectivity index (χ1) is 16.8. The lowest BCUT2D eigenvalue weighted by Gasteiger charge is -2.43. The highest BCUT2D eigenvalue weighted by atomic mass is 19.4. The van der Waals surface area contributed by atoms with Gasteiger partial charge in [0.25, 0.3) is 0 Å². The van der Waals surface area contributed by atoms with E-state index in [0.717, 1.165) is 24.3 Å². The van der Waals surface area contributed by atoms with Gasteiger partial charge in [-0.3, -0.25) is 9.69 Å². The van der Waals surface area contributed by atoms with Gasteiger partial charge in [-0.05, 0) is 66.6 Å². The van der Waals surface area contributed by atoms with Crippen molar-refractivity contribution in [3.05, 3.63) is 82.9 Å². The molecule has 0 bridgehead atoms. The SMILES string of the molecule is CC(C)/C=C\C(c1ccc(C(F)(F)F)cc1)N1CCC(CC(=O)O)CC1c1ccc(C(F)(F)F)cc1. The van der Waals surface area contributed by atoms with Gasteiger partial charge < -0.3 is 5.11 Å². The third kappa shape index (κ3) is 7.12. The van der Waals surface area contributed by atoms with Gasteiger partial charge in [0.15, 0.2) is 0 Å². The molecular weight excluding hydrogens is 484 g/mol. The Labute approximate surface area is 206 Å². The molecule has 0 aliphatic carbocycles. The van der Waals surface area contributed by atoms with E-state index in [1.807, 2.05) is 30.9 Å². The number of carbonyl (C=O) groups is 1. The molecular formula is C27H29F6NO2. The molecule has 1 N–H and O–H groups in total. The standard InChI is InChI=1S/C27H29F6NO2/c1-17(2)3-12-23(19-4-8-21(9-5-19)26(28,29)30)34-14-13-18(16-25(35)36)15-24(34)20-6-10-22(11-7-20)27(31,32)33/h3-12,17-18,23-24H,13-16H2,1-2H3,(H,35,36)/b12-3-. The van der Waals surface area contributed by atoms with Gasteiger partial charge in [-0.25, -0.2) is 0 Å². The van der Waals surface area contributed by atoms with E-state index < -0.39 is 41.5 Å². The lowest BCUT2D eigenvalue weighted by Crippen LogP contribution is -2.39. The Morgan fingerprint density at radius 3 is 1.94 bits per heavy atom. The number of nitrogens with zero attached hydrogens (tertiary/aromatic N) is 1. The Bertz CT molecular complexity index is 1040. The predicted octanol–water partition coefficient (Wildman–Crippen LogP) is 7.91. The van der Waals surface area contributed by atoms with Crippen molar-refractivity contribution in [1.29, 1.82) is 0 Å². The second kappa shape index (κ2) is 11.1. The number of carboxylic acid groups (broad SMARTS) is 1. The smallest absolute Gasteiger partial charge is 0.416 e. The van der Waals surface area contributed by atoms with Crippen LogP contribution < -0.4 is 0 Å². The van der Waals surface area contributed by atoms with Crippen molar-refractivity contribution >= 4 is 5.97 Å². The molecule has 1 aliphatic rings. The zero-order valence-corrected chi connectivity index (χ0v) is 20.0. The molecule has 0 spiro atoms. The highest BCUT2D eigenvalue weighted by Gasteiger charge is 2.36. The minimum absolute atomic E-state index is 0.0578. The first kappa shape index (κ1) is 27.8. The van der Waals surface area contributed by atoms with Gasteiger partial charge >= 0.3 is 18.3 Å².